The Labute approximate surface area is 188 Å². The van der Waals surface area contributed by atoms with Crippen molar-refractivity contribution in [3.63, 3.8) is 0 Å². The average molecular weight is 456 g/mol. The van der Waals surface area contributed by atoms with Gasteiger partial charge in [-0.05, 0) is 0 Å². The van der Waals surface area contributed by atoms with Crippen molar-refractivity contribution in [3.05, 3.63) is 60.4 Å². The van der Waals surface area contributed by atoms with E-state index in [1.807, 2.05) is 18.2 Å². The van der Waals surface area contributed by atoms with Crippen LogP contribution in [0.4, 0.5) is 8.78 Å². The second-order valence-electron chi connectivity index (χ2n) is 6.92. The molecule has 0 saturated heterocycles. The van der Waals surface area contributed by atoms with Gasteiger partial charge in [-0.1, -0.05) is 30.3 Å². The summed E-state index contributed by atoms with van der Waals surface area (Å²) in [6.07, 6.45) is 1.32. The molecule has 0 aliphatic carbocycles. The fourth-order valence-corrected chi connectivity index (χ4v) is 3.35. The lowest BCUT2D eigenvalue weighted by Crippen LogP contribution is -2.11. The molecule has 0 spiro atoms. The first-order chi connectivity index (χ1) is 16.1. The summed E-state index contributed by atoms with van der Waals surface area (Å²) in [6, 6.07) is 11.3. The van der Waals surface area contributed by atoms with Crippen LogP contribution in [0.15, 0.2) is 48.8 Å². The maximum Gasteiger partial charge on any atom is 0.256 e. The molecule has 0 saturated carbocycles. The van der Waals surface area contributed by atoms with E-state index in [0.29, 0.717) is 11.3 Å². The highest BCUT2D eigenvalue weighted by molar-refractivity contribution is 5.86. The van der Waals surface area contributed by atoms with Crippen LogP contribution in [0.25, 0.3) is 28.2 Å². The van der Waals surface area contributed by atoms with E-state index in [4.69, 9.17) is 18.9 Å². The molecule has 2 aromatic heterocycles. The molecule has 172 valence electrons. The van der Waals surface area contributed by atoms with Crippen molar-refractivity contribution in [2.75, 3.05) is 40.6 Å². The minimum Gasteiger partial charge on any atom is -0.491 e. The second kappa shape index (κ2) is 10.3. The van der Waals surface area contributed by atoms with Gasteiger partial charge in [0, 0.05) is 31.9 Å². The van der Waals surface area contributed by atoms with E-state index in [1.165, 1.54) is 25.1 Å². The zero-order valence-corrected chi connectivity index (χ0v) is 18.1. The van der Waals surface area contributed by atoms with Crippen molar-refractivity contribution in [2.24, 2.45) is 0 Å². The molecule has 0 unspecified atom stereocenters. The summed E-state index contributed by atoms with van der Waals surface area (Å²) in [7, 11) is 3.04. The predicted octanol–water partition coefficient (Wildman–Crippen LogP) is 3.79. The van der Waals surface area contributed by atoms with Crippen molar-refractivity contribution < 1.29 is 27.7 Å². The number of nitrogens with zero attached hydrogens (tertiary/aromatic N) is 4. The second-order valence-corrected chi connectivity index (χ2v) is 6.92. The molecule has 33 heavy (non-hydrogen) atoms. The minimum atomic E-state index is -0.836. The average Bonchev–Trinajstić information content (AvgIpc) is 3.28. The minimum absolute atomic E-state index is 0.0113. The number of hydrogen-bond acceptors (Lipinski definition) is 7. The fourth-order valence-electron chi connectivity index (χ4n) is 3.35. The number of aromatic nitrogens is 4. The largest absolute Gasteiger partial charge is 0.491 e. The first-order valence-corrected chi connectivity index (χ1v) is 10.2. The van der Waals surface area contributed by atoms with E-state index in [0.717, 1.165) is 12.1 Å². The molecule has 10 heteroatoms. The van der Waals surface area contributed by atoms with E-state index in [2.05, 4.69) is 15.1 Å². The topological polar surface area (TPSA) is 80.0 Å². The third-order valence-corrected chi connectivity index (χ3v) is 4.79. The Kier molecular flexibility index (Phi) is 7.06. The highest BCUT2D eigenvalue weighted by atomic mass is 19.1. The van der Waals surface area contributed by atoms with Gasteiger partial charge in [0.15, 0.2) is 0 Å². The highest BCUT2D eigenvalue weighted by Gasteiger charge is 2.26. The lowest BCUT2D eigenvalue weighted by molar-refractivity contribution is 0.144. The first-order valence-electron chi connectivity index (χ1n) is 10.2. The number of ether oxygens (including phenoxy) is 4. The third-order valence-electron chi connectivity index (χ3n) is 4.79. The van der Waals surface area contributed by atoms with Crippen molar-refractivity contribution in [2.45, 2.75) is 0 Å². The Bertz CT molecular complexity index is 1210. The van der Waals surface area contributed by atoms with Crippen molar-refractivity contribution >= 4 is 5.78 Å². The maximum atomic E-state index is 15.4. The number of halogens is 2. The van der Waals surface area contributed by atoms with Crippen LogP contribution in [0.1, 0.15) is 0 Å². The quantitative estimate of drug-likeness (QED) is 0.336. The summed E-state index contributed by atoms with van der Waals surface area (Å²) in [4.78, 5) is 8.50. The monoisotopic (exact) mass is 456 g/mol. The molecular weight excluding hydrogens is 434 g/mol. The molecular formula is C23H22F2N4O4. The summed E-state index contributed by atoms with van der Waals surface area (Å²) < 4.78 is 53.3. The molecule has 4 rings (SSSR count). The Morgan fingerprint density at radius 2 is 1.52 bits per heavy atom. The van der Waals surface area contributed by atoms with Gasteiger partial charge in [-0.2, -0.15) is 19.6 Å². The molecule has 0 fully saturated rings. The molecule has 0 aliphatic rings. The fraction of sp³-hybridized carbons (Fsp3) is 0.261. The van der Waals surface area contributed by atoms with Gasteiger partial charge in [-0.25, -0.2) is 8.78 Å². The van der Waals surface area contributed by atoms with Crippen molar-refractivity contribution in [3.8, 4) is 34.0 Å². The van der Waals surface area contributed by atoms with Gasteiger partial charge in [0.25, 0.3) is 5.78 Å². The van der Waals surface area contributed by atoms with Crippen LogP contribution in [0.3, 0.4) is 0 Å². The highest BCUT2D eigenvalue weighted by Crippen LogP contribution is 2.41. The van der Waals surface area contributed by atoms with Crippen LogP contribution in [-0.4, -0.2) is 60.2 Å². The Balaban J connectivity index is 1.94. The van der Waals surface area contributed by atoms with E-state index in [-0.39, 0.29) is 55.0 Å². The van der Waals surface area contributed by atoms with E-state index >= 15 is 8.78 Å². The zero-order valence-electron chi connectivity index (χ0n) is 18.1. The summed E-state index contributed by atoms with van der Waals surface area (Å²) in [5.41, 5.74) is 0.830. The predicted molar refractivity (Wildman–Crippen MR) is 116 cm³/mol. The number of fused-ring (bicyclic) bond motifs is 1. The normalized spacial score (nSPS) is 11.2. The molecule has 0 amide bonds. The van der Waals surface area contributed by atoms with E-state index in [9.17, 15) is 0 Å². The summed E-state index contributed by atoms with van der Waals surface area (Å²) in [6.45, 7) is 0.822. The maximum absolute atomic E-state index is 15.4. The molecule has 0 bridgehead atoms. The Morgan fingerprint density at radius 1 is 0.848 bits per heavy atom. The van der Waals surface area contributed by atoms with Crippen LogP contribution < -0.4 is 9.47 Å². The van der Waals surface area contributed by atoms with Gasteiger partial charge < -0.3 is 18.9 Å². The molecule has 0 N–H and O–H groups in total. The molecule has 8 nitrogen and oxygen atoms in total. The van der Waals surface area contributed by atoms with Gasteiger partial charge >= 0.3 is 0 Å². The molecule has 0 radical (unpaired) electrons. The molecule has 0 aliphatic heterocycles. The van der Waals surface area contributed by atoms with Crippen LogP contribution >= 0.6 is 0 Å². The molecule has 4 aromatic rings. The molecule has 2 heterocycles. The SMILES string of the molecule is COCCOc1cc(F)c(-c2c(OCCOC)nc3ncnn3c2-c2ccccc2)c(F)c1. The van der Waals surface area contributed by atoms with Gasteiger partial charge in [0.1, 0.15) is 36.9 Å². The smallest absolute Gasteiger partial charge is 0.256 e. The number of hydrogen-bond donors (Lipinski definition) is 0. The summed E-state index contributed by atoms with van der Waals surface area (Å²) in [5.74, 6) is -1.39. The number of benzene rings is 2. The van der Waals surface area contributed by atoms with E-state index < -0.39 is 11.6 Å². The van der Waals surface area contributed by atoms with Crippen molar-refractivity contribution in [1.82, 2.24) is 19.6 Å². The van der Waals surface area contributed by atoms with Gasteiger partial charge in [0.05, 0.1) is 30.0 Å². The van der Waals surface area contributed by atoms with E-state index in [1.54, 1.807) is 12.1 Å². The lowest BCUT2D eigenvalue weighted by Gasteiger charge is -2.18. The lowest BCUT2D eigenvalue weighted by atomic mass is 9.98. The van der Waals surface area contributed by atoms with Gasteiger partial charge in [-0.15, -0.1) is 0 Å². The number of methoxy groups -OCH3 is 2. The van der Waals surface area contributed by atoms with Gasteiger partial charge in [0.2, 0.25) is 5.88 Å². The first kappa shape index (κ1) is 22.6. The standard InChI is InChI=1S/C23H22F2N4O4/c1-30-8-10-32-16-12-17(24)19(18(25)13-16)20-21(15-6-4-3-5-7-15)29-23(26-14-27-29)28-22(20)33-11-9-31-2/h3-7,12-14H,8-11H2,1-2H3. The number of rotatable bonds is 10. The molecule has 0 atom stereocenters. The van der Waals surface area contributed by atoms with Crippen LogP contribution in [0.2, 0.25) is 0 Å². The van der Waals surface area contributed by atoms with Crippen LogP contribution in [0.5, 0.6) is 11.6 Å². The van der Waals surface area contributed by atoms with Crippen molar-refractivity contribution in [1.29, 1.82) is 0 Å². The summed E-state index contributed by atoms with van der Waals surface area (Å²) >= 11 is 0. The third kappa shape index (κ3) is 4.76. The van der Waals surface area contributed by atoms with Crippen LogP contribution in [-0.2, 0) is 9.47 Å². The van der Waals surface area contributed by atoms with Crippen LogP contribution in [0, 0.1) is 11.6 Å². The summed E-state index contributed by atoms with van der Waals surface area (Å²) in [5, 5.41) is 4.22. The molecule has 2 aromatic carbocycles. The van der Waals surface area contributed by atoms with Gasteiger partial charge in [-0.3, -0.25) is 0 Å². The zero-order chi connectivity index (χ0) is 23.2. The Hall–Kier alpha value is -3.63. The Morgan fingerprint density at radius 3 is 2.18 bits per heavy atom.